The molecule has 0 atom stereocenters. The normalized spacial score (nSPS) is 10.6. The van der Waals surface area contributed by atoms with Gasteiger partial charge in [0.15, 0.2) is 5.78 Å². The molecule has 0 saturated carbocycles. The van der Waals surface area contributed by atoms with Crippen molar-refractivity contribution >= 4 is 28.6 Å². The molecule has 0 saturated heterocycles. The number of aliphatic carboxylic acids is 2. The molecule has 2 aromatic heterocycles. The molecule has 0 aliphatic rings. The van der Waals surface area contributed by atoms with Gasteiger partial charge in [0.1, 0.15) is 0 Å². The summed E-state index contributed by atoms with van der Waals surface area (Å²) in [4.78, 5) is 38.7. The fourth-order valence-electron chi connectivity index (χ4n) is 2.81. The Morgan fingerprint density at radius 2 is 1.79 bits per heavy atom. The number of nitrogens with zero attached hydrogens (tertiary/aromatic N) is 2. The first-order valence-electron chi connectivity index (χ1n) is 8.50. The van der Waals surface area contributed by atoms with Crippen molar-refractivity contribution in [3.05, 3.63) is 65.9 Å². The first kappa shape index (κ1) is 20.6. The van der Waals surface area contributed by atoms with Crippen LogP contribution in [0.5, 0.6) is 0 Å². The Morgan fingerprint density at radius 1 is 1.14 bits per heavy atom. The van der Waals surface area contributed by atoms with Crippen molar-refractivity contribution in [1.82, 2.24) is 14.5 Å². The Bertz CT molecular complexity index is 1000. The molecule has 0 bridgehead atoms. The van der Waals surface area contributed by atoms with Crippen molar-refractivity contribution in [2.24, 2.45) is 7.05 Å². The Balaban J connectivity index is 0.000000300. The maximum absolute atomic E-state index is 12.5. The molecule has 2 heterocycles. The van der Waals surface area contributed by atoms with Gasteiger partial charge in [-0.2, -0.15) is 0 Å². The van der Waals surface area contributed by atoms with Gasteiger partial charge in [-0.15, -0.1) is 0 Å². The molecule has 1 aromatic carbocycles. The first-order valence-corrected chi connectivity index (χ1v) is 8.50. The molecule has 0 aliphatic carbocycles. The van der Waals surface area contributed by atoms with Crippen LogP contribution in [0.15, 0.2) is 48.9 Å². The number of rotatable bonds is 6. The van der Waals surface area contributed by atoms with Crippen molar-refractivity contribution in [2.45, 2.75) is 19.8 Å². The first-order chi connectivity index (χ1) is 13.3. The summed E-state index contributed by atoms with van der Waals surface area (Å²) >= 11 is 0. The second-order valence-corrected chi connectivity index (χ2v) is 6.03. The summed E-state index contributed by atoms with van der Waals surface area (Å²) in [5.41, 5.74) is 3.90. The highest BCUT2D eigenvalue weighted by atomic mass is 16.4. The quantitative estimate of drug-likeness (QED) is 0.444. The van der Waals surface area contributed by atoms with Crippen LogP contribution in [0.4, 0.5) is 0 Å². The van der Waals surface area contributed by atoms with Gasteiger partial charge < -0.3 is 19.8 Å². The van der Waals surface area contributed by atoms with E-state index in [0.29, 0.717) is 25.0 Å². The highest BCUT2D eigenvalue weighted by molar-refractivity contribution is 6.09. The van der Waals surface area contributed by atoms with Crippen LogP contribution in [0.2, 0.25) is 0 Å². The number of aryl methyl sites for hydroxylation is 2. The highest BCUT2D eigenvalue weighted by Crippen LogP contribution is 2.26. The standard InChI is InChI=1S/C16H17N3O.C4H4O4/c1-11-16(13-5-3-4-6-14(13)19(11)2)15(20)8-7-12-9-17-10-18-12;5-3(6)1-2-4(7)8/h3-6,9-10H,7-8H2,1-2H3,(H,17,18);1-2H,(H,5,6)(H,7,8). The third kappa shape index (κ3) is 5.16. The smallest absolute Gasteiger partial charge is 0.328 e. The second-order valence-electron chi connectivity index (χ2n) is 6.03. The van der Waals surface area contributed by atoms with E-state index in [1.54, 1.807) is 6.33 Å². The fourth-order valence-corrected chi connectivity index (χ4v) is 2.81. The van der Waals surface area contributed by atoms with E-state index in [1.165, 1.54) is 0 Å². The number of carboxylic acid groups (broad SMARTS) is 2. The lowest BCUT2D eigenvalue weighted by Crippen LogP contribution is -2.04. The summed E-state index contributed by atoms with van der Waals surface area (Å²) < 4.78 is 2.08. The summed E-state index contributed by atoms with van der Waals surface area (Å²) in [6.45, 7) is 2.00. The van der Waals surface area contributed by atoms with Crippen LogP contribution in [0.3, 0.4) is 0 Å². The van der Waals surface area contributed by atoms with E-state index in [9.17, 15) is 14.4 Å². The number of aromatic nitrogens is 3. The maximum Gasteiger partial charge on any atom is 0.328 e. The van der Waals surface area contributed by atoms with Crippen LogP contribution in [-0.4, -0.2) is 42.5 Å². The third-order valence-corrected chi connectivity index (χ3v) is 4.21. The van der Waals surface area contributed by atoms with Crippen molar-refractivity contribution in [2.75, 3.05) is 0 Å². The minimum Gasteiger partial charge on any atom is -0.478 e. The number of hydrogen-bond acceptors (Lipinski definition) is 4. The monoisotopic (exact) mass is 383 g/mol. The zero-order valence-corrected chi connectivity index (χ0v) is 15.5. The third-order valence-electron chi connectivity index (χ3n) is 4.21. The minimum absolute atomic E-state index is 0.183. The van der Waals surface area contributed by atoms with Gasteiger partial charge in [-0.1, -0.05) is 18.2 Å². The number of carbonyl (C=O) groups excluding carboxylic acids is 1. The average molecular weight is 383 g/mol. The maximum atomic E-state index is 12.5. The van der Waals surface area contributed by atoms with Gasteiger partial charge in [-0.05, 0) is 19.4 Å². The number of benzene rings is 1. The van der Waals surface area contributed by atoms with E-state index in [2.05, 4.69) is 14.5 Å². The molecule has 28 heavy (non-hydrogen) atoms. The Hall–Kier alpha value is -3.68. The Labute approximate surface area is 161 Å². The number of hydrogen-bond donors (Lipinski definition) is 3. The predicted molar refractivity (Wildman–Crippen MR) is 103 cm³/mol. The number of Topliss-reactive ketones (excluding diaryl/α,β-unsaturated/α-hetero) is 1. The second kappa shape index (κ2) is 9.31. The predicted octanol–water partition coefficient (Wildman–Crippen LogP) is 2.74. The van der Waals surface area contributed by atoms with Gasteiger partial charge >= 0.3 is 11.9 Å². The summed E-state index contributed by atoms with van der Waals surface area (Å²) in [7, 11) is 2.00. The fraction of sp³-hybridized carbons (Fsp3) is 0.200. The SMILES string of the molecule is Cc1c(C(=O)CCc2c[nH]cn2)c2ccccc2n1C.O=C(O)C=CC(=O)O. The van der Waals surface area contributed by atoms with Gasteiger partial charge in [0.25, 0.3) is 0 Å². The van der Waals surface area contributed by atoms with E-state index < -0.39 is 11.9 Å². The van der Waals surface area contributed by atoms with Crippen molar-refractivity contribution < 1.29 is 24.6 Å². The number of nitrogens with one attached hydrogen (secondary N) is 1. The summed E-state index contributed by atoms with van der Waals surface area (Å²) in [5.74, 6) is -2.33. The molecule has 3 N–H and O–H groups in total. The van der Waals surface area contributed by atoms with Gasteiger partial charge in [0, 0.05) is 54.0 Å². The molecule has 0 fully saturated rings. The van der Waals surface area contributed by atoms with E-state index in [0.717, 1.165) is 27.9 Å². The number of ketones is 1. The lowest BCUT2D eigenvalue weighted by molar-refractivity contribution is -0.134. The number of aromatic amines is 1. The summed E-state index contributed by atoms with van der Waals surface area (Å²) in [6.07, 6.45) is 5.75. The zero-order chi connectivity index (χ0) is 20.7. The lowest BCUT2D eigenvalue weighted by atomic mass is 10.0. The molecular formula is C20H21N3O5. The van der Waals surface area contributed by atoms with E-state index in [-0.39, 0.29) is 5.78 Å². The minimum atomic E-state index is -1.26. The zero-order valence-electron chi connectivity index (χ0n) is 15.5. The van der Waals surface area contributed by atoms with Crippen molar-refractivity contribution in [1.29, 1.82) is 0 Å². The van der Waals surface area contributed by atoms with E-state index in [4.69, 9.17) is 10.2 Å². The number of fused-ring (bicyclic) bond motifs is 1. The van der Waals surface area contributed by atoms with Gasteiger partial charge in [0.2, 0.25) is 0 Å². The topological polar surface area (TPSA) is 125 Å². The molecule has 3 aromatic rings. The molecule has 8 heteroatoms. The van der Waals surface area contributed by atoms with Crippen LogP contribution in [-0.2, 0) is 23.1 Å². The van der Waals surface area contributed by atoms with Crippen LogP contribution < -0.4 is 0 Å². The van der Waals surface area contributed by atoms with Gasteiger partial charge in [-0.25, -0.2) is 14.6 Å². The van der Waals surface area contributed by atoms with Crippen molar-refractivity contribution in [3.63, 3.8) is 0 Å². The van der Waals surface area contributed by atoms with Gasteiger partial charge in [0.05, 0.1) is 12.0 Å². The van der Waals surface area contributed by atoms with Crippen molar-refractivity contribution in [3.8, 4) is 0 Å². The Morgan fingerprint density at radius 3 is 2.36 bits per heavy atom. The summed E-state index contributed by atoms with van der Waals surface area (Å²) in [5, 5.41) is 16.7. The lowest BCUT2D eigenvalue weighted by Gasteiger charge is -2.01. The van der Waals surface area contributed by atoms with Crippen LogP contribution in [0.25, 0.3) is 10.9 Å². The molecule has 0 aliphatic heterocycles. The number of imidazole rings is 1. The van der Waals surface area contributed by atoms with Crippen LogP contribution in [0.1, 0.15) is 28.2 Å². The average Bonchev–Trinajstić information content (AvgIpc) is 3.26. The van der Waals surface area contributed by atoms with Gasteiger partial charge in [-0.3, -0.25) is 4.79 Å². The Kier molecular flexibility index (Phi) is 6.86. The number of H-pyrrole nitrogens is 1. The molecule has 146 valence electrons. The largest absolute Gasteiger partial charge is 0.478 e. The molecule has 0 spiro atoms. The molecule has 0 amide bonds. The highest BCUT2D eigenvalue weighted by Gasteiger charge is 2.17. The molecule has 0 unspecified atom stereocenters. The summed E-state index contributed by atoms with van der Waals surface area (Å²) in [6, 6.07) is 8.04. The molecular weight excluding hydrogens is 362 g/mol. The molecule has 8 nitrogen and oxygen atoms in total. The van der Waals surface area contributed by atoms with Crippen LogP contribution >= 0.6 is 0 Å². The van der Waals surface area contributed by atoms with Crippen LogP contribution in [0, 0.1) is 6.92 Å². The van der Waals surface area contributed by atoms with E-state index >= 15 is 0 Å². The number of carboxylic acids is 2. The molecule has 0 radical (unpaired) electrons. The van der Waals surface area contributed by atoms with E-state index in [1.807, 2.05) is 44.4 Å². The number of carbonyl (C=O) groups is 3. The molecule has 3 rings (SSSR count). The number of para-hydroxylation sites is 1.